The summed E-state index contributed by atoms with van der Waals surface area (Å²) in [5.41, 5.74) is 0.324. The van der Waals surface area contributed by atoms with Crippen LogP contribution in [0.25, 0.3) is 5.82 Å². The number of carbonyl (C=O) groups is 1. The van der Waals surface area contributed by atoms with Crippen LogP contribution in [0, 0.1) is 0 Å². The van der Waals surface area contributed by atoms with Crippen LogP contribution < -0.4 is 10.2 Å². The fraction of sp³-hybridized carbons (Fsp3) is 0.529. The number of anilines is 1. The van der Waals surface area contributed by atoms with Crippen molar-refractivity contribution in [3.63, 3.8) is 0 Å². The highest BCUT2D eigenvalue weighted by atomic mass is 16.5. The number of carbonyl (C=O) groups excluding carboxylic acids is 1. The van der Waals surface area contributed by atoms with E-state index in [9.17, 15) is 4.79 Å². The van der Waals surface area contributed by atoms with Crippen molar-refractivity contribution in [3.05, 3.63) is 30.6 Å². The molecule has 8 heteroatoms. The van der Waals surface area contributed by atoms with Crippen LogP contribution in [-0.2, 0) is 4.74 Å². The van der Waals surface area contributed by atoms with Crippen LogP contribution in [0.4, 0.5) is 5.82 Å². The summed E-state index contributed by atoms with van der Waals surface area (Å²) >= 11 is 0. The zero-order valence-corrected chi connectivity index (χ0v) is 14.8. The minimum Gasteiger partial charge on any atom is -0.381 e. The van der Waals surface area contributed by atoms with Crippen molar-refractivity contribution in [2.24, 2.45) is 0 Å². The highest BCUT2D eigenvalue weighted by Gasteiger charge is 2.25. The second-order valence-corrected chi connectivity index (χ2v) is 6.45. The fourth-order valence-electron chi connectivity index (χ4n) is 3.07. The SMILES string of the molecule is COC1CCC(NC(=O)c2nc(-n3ccnc3)cnc2N(C)C)CC1. The maximum Gasteiger partial charge on any atom is 0.274 e. The number of aromatic nitrogens is 4. The Balaban J connectivity index is 1.79. The van der Waals surface area contributed by atoms with E-state index in [1.54, 1.807) is 41.5 Å². The molecule has 1 amide bonds. The monoisotopic (exact) mass is 344 g/mol. The topological polar surface area (TPSA) is 85.2 Å². The van der Waals surface area contributed by atoms with Crippen LogP contribution in [0.1, 0.15) is 36.2 Å². The Morgan fingerprint density at radius 3 is 2.68 bits per heavy atom. The second-order valence-electron chi connectivity index (χ2n) is 6.45. The molecule has 0 unspecified atom stereocenters. The second kappa shape index (κ2) is 7.60. The summed E-state index contributed by atoms with van der Waals surface area (Å²) in [6, 6.07) is 0.146. The van der Waals surface area contributed by atoms with E-state index in [1.807, 2.05) is 14.1 Å². The number of hydrogen-bond acceptors (Lipinski definition) is 6. The van der Waals surface area contributed by atoms with Gasteiger partial charge >= 0.3 is 0 Å². The van der Waals surface area contributed by atoms with Crippen LogP contribution in [0.2, 0.25) is 0 Å². The van der Waals surface area contributed by atoms with E-state index in [4.69, 9.17) is 4.74 Å². The van der Waals surface area contributed by atoms with Crippen molar-refractivity contribution in [2.45, 2.75) is 37.8 Å². The Kier molecular flexibility index (Phi) is 5.28. The smallest absolute Gasteiger partial charge is 0.274 e. The molecule has 0 spiro atoms. The maximum atomic E-state index is 12.8. The van der Waals surface area contributed by atoms with Crippen molar-refractivity contribution in [3.8, 4) is 5.82 Å². The molecule has 0 saturated heterocycles. The minimum atomic E-state index is -0.195. The summed E-state index contributed by atoms with van der Waals surface area (Å²) in [5.74, 6) is 0.919. The number of nitrogens with one attached hydrogen (secondary N) is 1. The molecular weight excluding hydrogens is 320 g/mol. The summed E-state index contributed by atoms with van der Waals surface area (Å²) in [7, 11) is 5.44. The first-order valence-corrected chi connectivity index (χ1v) is 8.45. The van der Waals surface area contributed by atoms with Crippen molar-refractivity contribution >= 4 is 11.7 Å². The summed E-state index contributed by atoms with van der Waals surface area (Å²) in [6.45, 7) is 0. The van der Waals surface area contributed by atoms with Crippen molar-refractivity contribution in [1.82, 2.24) is 24.8 Å². The molecule has 8 nitrogen and oxygen atoms in total. The summed E-state index contributed by atoms with van der Waals surface area (Å²) in [6.07, 6.45) is 10.8. The van der Waals surface area contributed by atoms with Gasteiger partial charge in [-0.05, 0) is 25.7 Å². The van der Waals surface area contributed by atoms with E-state index >= 15 is 0 Å². The van der Waals surface area contributed by atoms with E-state index in [2.05, 4.69) is 20.3 Å². The molecule has 2 aromatic rings. The maximum absolute atomic E-state index is 12.8. The van der Waals surface area contributed by atoms with Crippen LogP contribution >= 0.6 is 0 Å². The van der Waals surface area contributed by atoms with Gasteiger partial charge in [0.2, 0.25) is 0 Å². The number of amides is 1. The van der Waals surface area contributed by atoms with Crippen LogP contribution in [0.5, 0.6) is 0 Å². The molecule has 0 aromatic carbocycles. The van der Waals surface area contributed by atoms with Crippen LogP contribution in [0.3, 0.4) is 0 Å². The Hall–Kier alpha value is -2.48. The molecular formula is C17H24N6O2. The average molecular weight is 344 g/mol. The lowest BCUT2D eigenvalue weighted by Crippen LogP contribution is -2.40. The van der Waals surface area contributed by atoms with Gasteiger partial charge in [-0.15, -0.1) is 0 Å². The first kappa shape index (κ1) is 17.3. The van der Waals surface area contributed by atoms with Gasteiger partial charge in [-0.2, -0.15) is 0 Å². The Morgan fingerprint density at radius 1 is 1.32 bits per heavy atom. The lowest BCUT2D eigenvalue weighted by Gasteiger charge is -2.28. The lowest BCUT2D eigenvalue weighted by atomic mass is 9.93. The molecule has 2 aromatic heterocycles. The molecule has 1 aliphatic carbocycles. The molecule has 0 aliphatic heterocycles. The normalized spacial score (nSPS) is 20.3. The average Bonchev–Trinajstić information content (AvgIpc) is 3.16. The first-order valence-electron chi connectivity index (χ1n) is 8.45. The third-order valence-electron chi connectivity index (χ3n) is 4.49. The van der Waals surface area contributed by atoms with Gasteiger partial charge in [0.25, 0.3) is 5.91 Å². The predicted molar refractivity (Wildman–Crippen MR) is 94.0 cm³/mol. The third kappa shape index (κ3) is 3.96. The number of methoxy groups -OCH3 is 1. The van der Waals surface area contributed by atoms with E-state index in [0.29, 0.717) is 23.4 Å². The highest BCUT2D eigenvalue weighted by Crippen LogP contribution is 2.22. The highest BCUT2D eigenvalue weighted by molar-refractivity contribution is 5.97. The Bertz CT molecular complexity index is 708. The van der Waals surface area contributed by atoms with Gasteiger partial charge in [0.1, 0.15) is 6.33 Å². The van der Waals surface area contributed by atoms with Crippen molar-refractivity contribution < 1.29 is 9.53 Å². The van der Waals surface area contributed by atoms with Gasteiger partial charge in [0.05, 0.1) is 12.3 Å². The molecule has 0 radical (unpaired) electrons. The summed E-state index contributed by atoms with van der Waals surface area (Å²) in [5, 5.41) is 3.10. The Morgan fingerprint density at radius 2 is 2.08 bits per heavy atom. The fourth-order valence-corrected chi connectivity index (χ4v) is 3.07. The summed E-state index contributed by atoms with van der Waals surface area (Å²) < 4.78 is 7.12. The van der Waals surface area contributed by atoms with Gasteiger partial charge in [-0.1, -0.05) is 0 Å². The largest absolute Gasteiger partial charge is 0.381 e. The molecule has 0 atom stereocenters. The molecule has 25 heavy (non-hydrogen) atoms. The molecule has 1 aliphatic rings. The first-order chi connectivity index (χ1) is 12.1. The molecule has 1 N–H and O–H groups in total. The predicted octanol–water partition coefficient (Wildman–Crippen LogP) is 1.42. The molecule has 134 valence electrons. The molecule has 1 fully saturated rings. The molecule has 3 rings (SSSR count). The van der Waals surface area contributed by atoms with E-state index in [1.165, 1.54) is 0 Å². The number of nitrogens with zero attached hydrogens (tertiary/aromatic N) is 5. The lowest BCUT2D eigenvalue weighted by molar-refractivity contribution is 0.0598. The van der Waals surface area contributed by atoms with Crippen LogP contribution in [-0.4, -0.2) is 58.8 Å². The number of ether oxygens (including phenoxy) is 1. The standard InChI is InChI=1S/C17H24N6O2/c1-22(2)16-15(21-14(10-19-16)23-9-8-18-11-23)17(24)20-12-4-6-13(25-3)7-5-12/h8-13H,4-7H2,1-3H3,(H,20,24). The van der Waals surface area contributed by atoms with Gasteiger partial charge in [0, 0.05) is 39.6 Å². The van der Waals surface area contributed by atoms with E-state index < -0.39 is 0 Å². The zero-order chi connectivity index (χ0) is 17.8. The summed E-state index contributed by atoms with van der Waals surface area (Å²) in [4.78, 5) is 27.5. The van der Waals surface area contributed by atoms with Gasteiger partial charge < -0.3 is 15.0 Å². The van der Waals surface area contributed by atoms with Gasteiger partial charge in [-0.25, -0.2) is 15.0 Å². The number of hydrogen-bond donors (Lipinski definition) is 1. The van der Waals surface area contributed by atoms with E-state index in [0.717, 1.165) is 25.7 Å². The zero-order valence-electron chi connectivity index (χ0n) is 14.8. The van der Waals surface area contributed by atoms with Crippen molar-refractivity contribution in [1.29, 1.82) is 0 Å². The molecule has 0 bridgehead atoms. The van der Waals surface area contributed by atoms with Crippen molar-refractivity contribution in [2.75, 3.05) is 26.1 Å². The van der Waals surface area contributed by atoms with E-state index in [-0.39, 0.29) is 11.9 Å². The number of rotatable bonds is 5. The van der Waals surface area contributed by atoms with Gasteiger partial charge in [-0.3, -0.25) is 9.36 Å². The molecule has 2 heterocycles. The quantitative estimate of drug-likeness (QED) is 0.883. The Labute approximate surface area is 147 Å². The molecule has 1 saturated carbocycles. The third-order valence-corrected chi connectivity index (χ3v) is 4.49. The van der Waals surface area contributed by atoms with Crippen LogP contribution in [0.15, 0.2) is 24.9 Å². The minimum absolute atomic E-state index is 0.146. The number of imidazole rings is 1. The van der Waals surface area contributed by atoms with Gasteiger partial charge in [0.15, 0.2) is 17.3 Å².